The molecule has 0 atom stereocenters. The Morgan fingerprint density at radius 3 is 2.66 bits per heavy atom. The molecular formula is C25H20O5S2. The van der Waals surface area contributed by atoms with Crippen molar-refractivity contribution >= 4 is 46.6 Å². The predicted octanol–water partition coefficient (Wildman–Crippen LogP) is 5.71. The van der Waals surface area contributed by atoms with Gasteiger partial charge in [0.15, 0.2) is 17.5 Å². The number of phenolic OH excluding ortho intramolecular Hbond substituents is 1. The van der Waals surface area contributed by atoms with E-state index in [9.17, 15) is 19.5 Å². The van der Waals surface area contributed by atoms with Crippen molar-refractivity contribution in [3.05, 3.63) is 75.9 Å². The van der Waals surface area contributed by atoms with Crippen molar-refractivity contribution in [1.29, 1.82) is 0 Å². The molecule has 0 amide bonds. The van der Waals surface area contributed by atoms with Gasteiger partial charge in [-0.2, -0.15) is 23.5 Å². The van der Waals surface area contributed by atoms with E-state index in [2.05, 4.69) is 0 Å². The van der Waals surface area contributed by atoms with Crippen LogP contribution in [0.25, 0.3) is 33.4 Å². The molecule has 1 aliphatic carbocycles. The number of ketones is 1. The van der Waals surface area contributed by atoms with Gasteiger partial charge in [0, 0.05) is 57.0 Å². The van der Waals surface area contributed by atoms with Crippen LogP contribution in [-0.2, 0) is 0 Å². The maximum Gasteiger partial charge on any atom is 0.182 e. The zero-order valence-electron chi connectivity index (χ0n) is 17.3. The second-order valence-electron chi connectivity index (χ2n) is 7.22. The Morgan fingerprint density at radius 1 is 1.06 bits per heavy atom. The summed E-state index contributed by atoms with van der Waals surface area (Å²) in [5.41, 5.74) is 3.05. The summed E-state index contributed by atoms with van der Waals surface area (Å²) in [6, 6.07) is 14.3. The molecule has 1 N–H and O–H groups in total. The lowest BCUT2D eigenvalue weighted by atomic mass is 9.89. The third-order valence-electron chi connectivity index (χ3n) is 5.12. The molecule has 2 aliphatic rings. The van der Waals surface area contributed by atoms with Crippen LogP contribution >= 0.6 is 23.5 Å². The summed E-state index contributed by atoms with van der Waals surface area (Å²) in [5.74, 6) is 1.11. The third-order valence-corrected chi connectivity index (χ3v) is 7.22. The van der Waals surface area contributed by atoms with E-state index in [4.69, 9.17) is 4.42 Å². The summed E-state index contributed by atoms with van der Waals surface area (Å²) in [4.78, 5) is 36.5. The molecule has 0 aromatic heterocycles. The Kier molecular flexibility index (Phi) is 6.67. The molecule has 4 rings (SSSR count). The number of hydrogen-bond acceptors (Lipinski definition) is 7. The number of Topliss-reactive ketones (excluding diaryl/α,β-unsaturated/α-hetero) is 1. The monoisotopic (exact) mass is 464 g/mol. The quantitative estimate of drug-likeness (QED) is 0.118. The van der Waals surface area contributed by atoms with Gasteiger partial charge in [0.1, 0.15) is 17.1 Å². The van der Waals surface area contributed by atoms with E-state index in [1.807, 2.05) is 6.26 Å². The zero-order valence-corrected chi connectivity index (χ0v) is 18.9. The van der Waals surface area contributed by atoms with Crippen molar-refractivity contribution < 1.29 is 19.1 Å². The highest BCUT2D eigenvalue weighted by Gasteiger charge is 2.20. The van der Waals surface area contributed by atoms with Gasteiger partial charge < -0.3 is 9.52 Å². The minimum Gasteiger partial charge on any atom is -0.508 e. The second-order valence-corrected chi connectivity index (χ2v) is 9.56. The van der Waals surface area contributed by atoms with Gasteiger partial charge in [0.05, 0.1) is 0 Å². The molecular weight excluding hydrogens is 444 g/mol. The highest BCUT2D eigenvalue weighted by molar-refractivity contribution is 8.15. The van der Waals surface area contributed by atoms with Gasteiger partial charge in [0.25, 0.3) is 0 Å². The smallest absolute Gasteiger partial charge is 0.182 e. The average Bonchev–Trinajstić information content (AvgIpc) is 2.79. The van der Waals surface area contributed by atoms with Crippen LogP contribution in [0.2, 0.25) is 0 Å². The Hall–Kier alpha value is -3.03. The number of carbonyl (C=O) groups is 2. The molecule has 2 aromatic rings. The van der Waals surface area contributed by atoms with Crippen LogP contribution in [0.3, 0.4) is 0 Å². The van der Waals surface area contributed by atoms with E-state index in [0.29, 0.717) is 51.0 Å². The van der Waals surface area contributed by atoms with Crippen LogP contribution in [0, 0.1) is 0 Å². The van der Waals surface area contributed by atoms with Crippen molar-refractivity contribution in [2.75, 3.05) is 17.1 Å². The number of hydrogen-bond donors (Lipinski definition) is 1. The molecule has 7 heteroatoms. The van der Waals surface area contributed by atoms with E-state index in [-0.39, 0.29) is 17.0 Å². The summed E-state index contributed by atoms with van der Waals surface area (Å²) in [6.45, 7) is 0. The van der Waals surface area contributed by atoms with E-state index < -0.39 is 0 Å². The van der Waals surface area contributed by atoms with Crippen molar-refractivity contribution in [3.63, 3.8) is 0 Å². The summed E-state index contributed by atoms with van der Waals surface area (Å²) in [5, 5.41) is 11.5. The normalized spacial score (nSPS) is 11.2. The molecule has 0 radical (unpaired) electrons. The van der Waals surface area contributed by atoms with Gasteiger partial charge in [-0.25, -0.2) is 0 Å². The number of thioether (sulfide) groups is 2. The molecule has 0 saturated heterocycles. The molecule has 0 bridgehead atoms. The van der Waals surface area contributed by atoms with Crippen molar-refractivity contribution in [3.8, 4) is 28.2 Å². The first-order chi connectivity index (χ1) is 15.5. The molecule has 0 saturated carbocycles. The number of rotatable bonds is 8. The van der Waals surface area contributed by atoms with E-state index in [0.717, 1.165) is 17.1 Å². The average molecular weight is 465 g/mol. The largest absolute Gasteiger partial charge is 0.508 e. The first kappa shape index (κ1) is 22.2. The lowest BCUT2D eigenvalue weighted by Gasteiger charge is -2.17. The van der Waals surface area contributed by atoms with Crippen molar-refractivity contribution in [2.24, 2.45) is 0 Å². The fourth-order valence-corrected chi connectivity index (χ4v) is 5.13. The first-order valence-electron chi connectivity index (χ1n) is 9.91. The summed E-state index contributed by atoms with van der Waals surface area (Å²) in [6.07, 6.45) is 3.16. The van der Waals surface area contributed by atoms with Crippen LogP contribution in [0.5, 0.6) is 5.75 Å². The van der Waals surface area contributed by atoms with Crippen LogP contribution < -0.4 is 5.43 Å². The molecule has 0 fully saturated rings. The minimum absolute atomic E-state index is 0.00745. The highest BCUT2D eigenvalue weighted by atomic mass is 32.2. The molecule has 1 aliphatic heterocycles. The topological polar surface area (TPSA) is 84.6 Å². The van der Waals surface area contributed by atoms with Crippen molar-refractivity contribution in [1.82, 2.24) is 0 Å². The predicted molar refractivity (Wildman–Crippen MR) is 131 cm³/mol. The van der Waals surface area contributed by atoms with Gasteiger partial charge >= 0.3 is 0 Å². The SMILES string of the molecule is CSCSCCC(=O)c1ccc(-c2c3ccc(=O)cc-3oc3cc(O)ccc23)c(C=O)c1. The van der Waals surface area contributed by atoms with E-state index >= 15 is 0 Å². The Labute approximate surface area is 193 Å². The van der Waals surface area contributed by atoms with Gasteiger partial charge in [0.2, 0.25) is 0 Å². The molecule has 0 unspecified atom stereocenters. The lowest BCUT2D eigenvalue weighted by Crippen LogP contribution is -2.04. The lowest BCUT2D eigenvalue weighted by molar-refractivity contribution is 0.0989. The maximum absolute atomic E-state index is 12.6. The van der Waals surface area contributed by atoms with E-state index in [1.54, 1.807) is 59.9 Å². The van der Waals surface area contributed by atoms with Crippen LogP contribution in [0.1, 0.15) is 27.1 Å². The van der Waals surface area contributed by atoms with Crippen LogP contribution in [-0.4, -0.2) is 34.3 Å². The van der Waals surface area contributed by atoms with Gasteiger partial charge in [-0.15, -0.1) is 0 Å². The maximum atomic E-state index is 12.6. The number of benzene rings is 3. The Balaban J connectivity index is 1.85. The van der Waals surface area contributed by atoms with Gasteiger partial charge in [-0.3, -0.25) is 14.4 Å². The fourth-order valence-electron chi connectivity index (χ4n) is 3.66. The fraction of sp³-hybridized carbons (Fsp3) is 0.160. The van der Waals surface area contributed by atoms with Crippen molar-refractivity contribution in [2.45, 2.75) is 6.42 Å². The highest BCUT2D eigenvalue weighted by Crippen LogP contribution is 2.41. The molecule has 0 spiro atoms. The first-order valence-corrected chi connectivity index (χ1v) is 12.5. The van der Waals surface area contributed by atoms with Gasteiger partial charge in [-0.1, -0.05) is 12.1 Å². The second kappa shape index (κ2) is 9.63. The van der Waals surface area contributed by atoms with Crippen LogP contribution in [0.15, 0.2) is 63.8 Å². The number of fused-ring (bicyclic) bond motifs is 2. The van der Waals surface area contributed by atoms with E-state index in [1.165, 1.54) is 18.2 Å². The zero-order chi connectivity index (χ0) is 22.7. The summed E-state index contributed by atoms with van der Waals surface area (Å²) in [7, 11) is 0. The number of aldehydes is 1. The van der Waals surface area contributed by atoms with Gasteiger partial charge in [-0.05, 0) is 42.2 Å². The molecule has 1 heterocycles. The molecule has 5 nitrogen and oxygen atoms in total. The molecule has 2 aromatic carbocycles. The number of aromatic hydroxyl groups is 1. The standard InChI is InChI=1S/C25H20O5S2/c1-31-14-32-9-8-22(29)15-2-5-19(16(10-15)13-26)25-20-6-3-17(27)11-23(20)30-24-12-18(28)4-7-21(24)25/h2-7,10-13,27H,8-9,14H2,1H3. The third kappa shape index (κ3) is 4.45. The number of phenols is 1. The number of carbonyl (C=O) groups excluding carboxylic acids is 2. The molecule has 32 heavy (non-hydrogen) atoms. The van der Waals surface area contributed by atoms with Crippen LogP contribution in [0.4, 0.5) is 0 Å². The summed E-state index contributed by atoms with van der Waals surface area (Å²) >= 11 is 3.43. The minimum atomic E-state index is -0.206. The Morgan fingerprint density at radius 2 is 1.88 bits per heavy atom. The molecule has 162 valence electrons. The Bertz CT molecular complexity index is 1340. The summed E-state index contributed by atoms with van der Waals surface area (Å²) < 4.78 is 5.86.